The highest BCUT2D eigenvalue weighted by molar-refractivity contribution is 7.53. The normalized spacial score (nSPS) is 25.2. The molecule has 3 aromatic rings. The summed E-state index contributed by atoms with van der Waals surface area (Å²) in [4.78, 5) is 13.6. The minimum absolute atomic E-state index is 0.0137. The van der Waals surface area contributed by atoms with Crippen molar-refractivity contribution in [2.45, 2.75) is 71.0 Å². The lowest BCUT2D eigenvalue weighted by atomic mass is 10.1. The lowest BCUT2D eigenvalue weighted by Crippen LogP contribution is -2.33. The van der Waals surface area contributed by atoms with Crippen molar-refractivity contribution in [3.63, 3.8) is 0 Å². The van der Waals surface area contributed by atoms with Crippen LogP contribution in [0.3, 0.4) is 0 Å². The Hall–Kier alpha value is -2.44. The van der Waals surface area contributed by atoms with Gasteiger partial charge in [-0.25, -0.2) is 15.0 Å². The Morgan fingerprint density at radius 2 is 1.79 bits per heavy atom. The van der Waals surface area contributed by atoms with Crippen molar-refractivity contribution in [3.8, 4) is 0 Å². The van der Waals surface area contributed by atoms with Gasteiger partial charge in [0.15, 0.2) is 29.0 Å². The number of imidazole rings is 1. The van der Waals surface area contributed by atoms with E-state index < -0.39 is 37.9 Å². The van der Waals surface area contributed by atoms with E-state index in [4.69, 9.17) is 28.0 Å². The van der Waals surface area contributed by atoms with Crippen LogP contribution in [-0.4, -0.2) is 69.8 Å². The van der Waals surface area contributed by atoms with Crippen LogP contribution in [0.2, 0.25) is 0 Å². The maximum absolute atomic E-state index is 12.8. The molecule has 4 heterocycles. The lowest BCUT2D eigenvalue weighted by Gasteiger charge is -2.25. The highest BCUT2D eigenvalue weighted by Crippen LogP contribution is 2.49. The molecule has 2 aliphatic rings. The zero-order valence-corrected chi connectivity index (χ0v) is 23.7. The zero-order valence-electron chi connectivity index (χ0n) is 22.9. The van der Waals surface area contributed by atoms with Crippen LogP contribution in [0.4, 0.5) is 5.82 Å². The molecule has 212 valence electrons. The van der Waals surface area contributed by atoms with E-state index in [9.17, 15) is 4.57 Å². The van der Waals surface area contributed by atoms with Crippen LogP contribution in [-0.2, 0) is 32.6 Å². The summed E-state index contributed by atoms with van der Waals surface area (Å²) in [5.41, 5.74) is 2.35. The van der Waals surface area contributed by atoms with Crippen molar-refractivity contribution in [1.29, 1.82) is 0 Å². The van der Waals surface area contributed by atoms with Gasteiger partial charge in [0, 0.05) is 0 Å². The molecule has 0 aliphatic carbocycles. The molecule has 0 radical (unpaired) electrons. The van der Waals surface area contributed by atoms with Gasteiger partial charge in [-0.15, -0.1) is 0 Å². The number of hydrogen-bond acceptors (Lipinski definition) is 11. The first-order valence-corrected chi connectivity index (χ1v) is 14.9. The molecule has 2 saturated heterocycles. The Morgan fingerprint density at radius 3 is 2.51 bits per heavy atom. The summed E-state index contributed by atoms with van der Waals surface area (Å²) in [5.74, 6) is -0.193. The smallest absolute Gasteiger partial charge is 0.356 e. The standard InChI is InChI=1S/C26H36N5O7P/c1-6-34-39(32,35-7-2)16-33-13-19-21-22(38-26(4,5)37-21)25(36-19)31-15-29-20-23(27-14-28-24(20)31)30-17(3)18-11-9-8-10-12-18/h8-12,14-15,17,19,21-22,25H,6-7,13,16H2,1-5H3,(H,27,28,30)/t17?,19?,21-,22-,25-/m1/s1. The van der Waals surface area contributed by atoms with Gasteiger partial charge in [-0.2, -0.15) is 0 Å². The third-order valence-electron chi connectivity index (χ3n) is 6.59. The minimum atomic E-state index is -3.35. The lowest BCUT2D eigenvalue weighted by molar-refractivity contribution is -0.201. The first-order valence-electron chi connectivity index (χ1n) is 13.2. The number of ether oxygens (including phenoxy) is 4. The SMILES string of the molecule is CCOP(=O)(COCC1O[C@@H](n2cnc3c(NC(C)c4ccccc4)ncnc32)[C@@H]2OC(C)(C)O[C@H]12)OCC. The summed E-state index contributed by atoms with van der Waals surface area (Å²) in [6.45, 7) is 9.94. The molecule has 1 aromatic carbocycles. The van der Waals surface area contributed by atoms with Gasteiger partial charge < -0.3 is 33.3 Å². The number of aromatic nitrogens is 4. The Bertz CT molecular complexity index is 1300. The molecule has 39 heavy (non-hydrogen) atoms. The molecular formula is C26H36N5O7P. The van der Waals surface area contributed by atoms with Crippen LogP contribution < -0.4 is 5.32 Å². The molecule has 0 spiro atoms. The van der Waals surface area contributed by atoms with E-state index in [1.165, 1.54) is 6.33 Å². The Morgan fingerprint density at radius 1 is 1.08 bits per heavy atom. The molecule has 2 fully saturated rings. The van der Waals surface area contributed by atoms with Crippen molar-refractivity contribution < 1.29 is 32.6 Å². The Kier molecular flexibility index (Phi) is 8.34. The van der Waals surface area contributed by atoms with Gasteiger partial charge >= 0.3 is 7.60 Å². The van der Waals surface area contributed by atoms with E-state index in [2.05, 4.69) is 39.3 Å². The number of nitrogens with one attached hydrogen (secondary N) is 1. The van der Waals surface area contributed by atoms with E-state index in [0.717, 1.165) is 5.56 Å². The molecule has 2 aromatic heterocycles. The molecule has 1 N–H and O–H groups in total. The predicted molar refractivity (Wildman–Crippen MR) is 143 cm³/mol. The summed E-state index contributed by atoms with van der Waals surface area (Å²) in [6.07, 6.45) is 1.07. The van der Waals surface area contributed by atoms with Gasteiger partial charge in [0.2, 0.25) is 0 Å². The van der Waals surface area contributed by atoms with Crippen LogP contribution in [0.25, 0.3) is 11.2 Å². The highest BCUT2D eigenvalue weighted by Gasteiger charge is 2.56. The second-order valence-corrected chi connectivity index (χ2v) is 11.9. The number of fused-ring (bicyclic) bond motifs is 2. The first-order chi connectivity index (χ1) is 18.7. The van der Waals surface area contributed by atoms with Gasteiger partial charge in [-0.1, -0.05) is 30.3 Å². The second kappa shape index (κ2) is 11.6. The number of rotatable bonds is 12. The summed E-state index contributed by atoms with van der Waals surface area (Å²) < 4.78 is 49.9. The van der Waals surface area contributed by atoms with Crippen LogP contribution in [0.1, 0.15) is 52.5 Å². The number of hydrogen-bond donors (Lipinski definition) is 1. The first kappa shape index (κ1) is 28.1. The highest BCUT2D eigenvalue weighted by atomic mass is 31.2. The molecule has 0 saturated carbocycles. The van der Waals surface area contributed by atoms with E-state index in [0.29, 0.717) is 17.0 Å². The van der Waals surface area contributed by atoms with Gasteiger partial charge in [-0.05, 0) is 40.2 Å². The van der Waals surface area contributed by atoms with Crippen LogP contribution >= 0.6 is 7.60 Å². The minimum Gasteiger partial charge on any atom is -0.366 e. The monoisotopic (exact) mass is 561 g/mol. The molecule has 2 unspecified atom stereocenters. The molecule has 5 rings (SSSR count). The van der Waals surface area contributed by atoms with Crippen molar-refractivity contribution >= 4 is 24.6 Å². The van der Waals surface area contributed by atoms with Crippen LogP contribution in [0.15, 0.2) is 43.0 Å². The summed E-state index contributed by atoms with van der Waals surface area (Å²) in [7, 11) is -3.35. The van der Waals surface area contributed by atoms with Crippen molar-refractivity contribution in [2.75, 3.05) is 31.5 Å². The van der Waals surface area contributed by atoms with Crippen molar-refractivity contribution in [3.05, 3.63) is 48.5 Å². The zero-order chi connectivity index (χ0) is 27.6. The third-order valence-corrected chi connectivity index (χ3v) is 8.40. The summed E-state index contributed by atoms with van der Waals surface area (Å²) >= 11 is 0. The average molecular weight is 562 g/mol. The van der Waals surface area contributed by atoms with Crippen LogP contribution in [0.5, 0.6) is 0 Å². The maximum Gasteiger partial charge on any atom is 0.356 e. The Balaban J connectivity index is 1.35. The van der Waals surface area contributed by atoms with E-state index in [1.807, 2.05) is 36.6 Å². The Labute approximate surface area is 227 Å². The fraction of sp³-hybridized carbons (Fsp3) is 0.577. The molecule has 13 heteroatoms. The second-order valence-electron chi connectivity index (χ2n) is 9.90. The fourth-order valence-corrected chi connectivity index (χ4v) is 6.32. The summed E-state index contributed by atoms with van der Waals surface area (Å²) in [6, 6.07) is 10.1. The van der Waals surface area contributed by atoms with Gasteiger partial charge in [0.05, 0.1) is 32.2 Å². The predicted octanol–water partition coefficient (Wildman–Crippen LogP) is 4.66. The van der Waals surface area contributed by atoms with Gasteiger partial charge in [0.25, 0.3) is 0 Å². The largest absolute Gasteiger partial charge is 0.366 e. The van der Waals surface area contributed by atoms with E-state index >= 15 is 0 Å². The van der Waals surface area contributed by atoms with Gasteiger partial charge in [-0.3, -0.25) is 9.13 Å². The van der Waals surface area contributed by atoms with Crippen molar-refractivity contribution in [2.24, 2.45) is 0 Å². The number of benzene rings is 1. The molecule has 2 aliphatic heterocycles. The number of anilines is 1. The van der Waals surface area contributed by atoms with E-state index in [-0.39, 0.29) is 32.2 Å². The molecule has 5 atom stereocenters. The molecule has 0 amide bonds. The van der Waals surface area contributed by atoms with Crippen LogP contribution in [0, 0.1) is 0 Å². The molecule has 12 nitrogen and oxygen atoms in total. The molecule has 0 bridgehead atoms. The van der Waals surface area contributed by atoms with Gasteiger partial charge in [0.1, 0.15) is 31.0 Å². The quantitative estimate of drug-likeness (QED) is 0.310. The maximum atomic E-state index is 12.8. The average Bonchev–Trinajstić information content (AvgIpc) is 3.56. The topological polar surface area (TPSA) is 128 Å². The van der Waals surface area contributed by atoms with E-state index in [1.54, 1.807) is 20.2 Å². The fourth-order valence-electron chi connectivity index (χ4n) is 4.98. The van der Waals surface area contributed by atoms with Crippen molar-refractivity contribution in [1.82, 2.24) is 19.5 Å². The third kappa shape index (κ3) is 6.02. The number of nitrogens with zero attached hydrogens (tertiary/aromatic N) is 4. The summed E-state index contributed by atoms with van der Waals surface area (Å²) in [5, 5.41) is 3.44. The molecular weight excluding hydrogens is 525 g/mol.